The molecule has 3 nitrogen and oxygen atoms in total. The van der Waals surface area contributed by atoms with Crippen molar-refractivity contribution in [2.45, 2.75) is 19.4 Å². The van der Waals surface area contributed by atoms with Crippen LogP contribution in [0.25, 0.3) is 0 Å². The third kappa shape index (κ3) is 2.91. The predicted molar refractivity (Wildman–Crippen MR) is 77.5 cm³/mol. The Hall–Kier alpha value is -1.27. The minimum absolute atomic E-state index is 0.248. The summed E-state index contributed by atoms with van der Waals surface area (Å²) in [5.74, 6) is -1.11. The van der Waals surface area contributed by atoms with Crippen LogP contribution >= 0.6 is 15.9 Å². The minimum Gasteiger partial charge on any atom is -0.313 e. The highest BCUT2D eigenvalue weighted by atomic mass is 79.9. The Bertz CT molecular complexity index is 625. The summed E-state index contributed by atoms with van der Waals surface area (Å²) in [6.45, 7) is 1.90. The number of likely N-dealkylation sites (N-methyl/N-ethyl adjacent to an activating group) is 1. The van der Waals surface area contributed by atoms with Gasteiger partial charge in [-0.1, -0.05) is 6.07 Å². The van der Waals surface area contributed by atoms with Gasteiger partial charge in [0.15, 0.2) is 0 Å². The van der Waals surface area contributed by atoms with E-state index in [0.29, 0.717) is 12.0 Å². The first-order chi connectivity index (χ1) is 9.43. The molecule has 0 saturated carbocycles. The lowest BCUT2D eigenvalue weighted by Gasteiger charge is -2.18. The van der Waals surface area contributed by atoms with E-state index in [9.17, 15) is 8.78 Å². The molecule has 20 heavy (non-hydrogen) atoms. The molecule has 0 aliphatic rings. The molecule has 1 aromatic carbocycles. The van der Waals surface area contributed by atoms with Crippen molar-refractivity contribution in [2.24, 2.45) is 7.05 Å². The van der Waals surface area contributed by atoms with Gasteiger partial charge in [-0.2, -0.15) is 5.10 Å². The van der Waals surface area contributed by atoms with E-state index in [-0.39, 0.29) is 6.04 Å². The van der Waals surface area contributed by atoms with Gasteiger partial charge >= 0.3 is 0 Å². The summed E-state index contributed by atoms with van der Waals surface area (Å²) in [6, 6.07) is 3.40. The van der Waals surface area contributed by atoms with Crippen LogP contribution in [-0.4, -0.2) is 16.8 Å². The first kappa shape index (κ1) is 15.1. The van der Waals surface area contributed by atoms with Crippen molar-refractivity contribution < 1.29 is 8.78 Å². The van der Waals surface area contributed by atoms with E-state index in [4.69, 9.17) is 0 Å². The van der Waals surface area contributed by atoms with Crippen LogP contribution in [0.4, 0.5) is 8.78 Å². The van der Waals surface area contributed by atoms with Crippen LogP contribution in [0.2, 0.25) is 0 Å². The molecule has 0 fully saturated rings. The summed E-state index contributed by atoms with van der Waals surface area (Å²) < 4.78 is 29.6. The number of nitrogens with zero attached hydrogens (tertiary/aromatic N) is 2. The summed E-state index contributed by atoms with van der Waals surface area (Å²) in [5.41, 5.74) is 2.29. The summed E-state index contributed by atoms with van der Waals surface area (Å²) >= 11 is 3.50. The number of aromatic nitrogens is 2. The van der Waals surface area contributed by atoms with Crippen molar-refractivity contribution in [1.29, 1.82) is 0 Å². The standard InChI is InChI=1S/C14H16BrF2N3/c1-8-14(15)13(20(3)19-8)7-12(18-2)10-5-4-9(16)6-11(10)17/h4-6,12,18H,7H2,1-3H3. The fourth-order valence-electron chi connectivity index (χ4n) is 2.25. The molecule has 0 aliphatic heterocycles. The van der Waals surface area contributed by atoms with Crippen LogP contribution in [0.15, 0.2) is 22.7 Å². The van der Waals surface area contributed by atoms with E-state index in [2.05, 4.69) is 26.3 Å². The number of benzene rings is 1. The third-order valence-corrected chi connectivity index (χ3v) is 4.38. The van der Waals surface area contributed by atoms with Crippen LogP contribution in [0, 0.1) is 18.6 Å². The maximum Gasteiger partial charge on any atom is 0.130 e. The Morgan fingerprint density at radius 3 is 2.60 bits per heavy atom. The van der Waals surface area contributed by atoms with Crippen molar-refractivity contribution in [1.82, 2.24) is 15.1 Å². The Labute approximate surface area is 125 Å². The highest BCUT2D eigenvalue weighted by Crippen LogP contribution is 2.27. The zero-order valence-electron chi connectivity index (χ0n) is 11.5. The van der Waals surface area contributed by atoms with Gasteiger partial charge in [0.2, 0.25) is 0 Å². The van der Waals surface area contributed by atoms with Crippen LogP contribution in [0.1, 0.15) is 23.0 Å². The Balaban J connectivity index is 2.33. The molecule has 1 atom stereocenters. The first-order valence-corrected chi connectivity index (χ1v) is 7.03. The average molecular weight is 344 g/mol. The quantitative estimate of drug-likeness (QED) is 0.923. The molecule has 2 rings (SSSR count). The molecule has 1 N–H and O–H groups in total. The van der Waals surface area contributed by atoms with Gasteiger partial charge in [-0.05, 0) is 36.0 Å². The first-order valence-electron chi connectivity index (χ1n) is 6.24. The van der Waals surface area contributed by atoms with Gasteiger partial charge in [0, 0.05) is 31.1 Å². The molecule has 1 heterocycles. The lowest BCUT2D eigenvalue weighted by atomic mass is 10.0. The van der Waals surface area contributed by atoms with Gasteiger partial charge in [-0.3, -0.25) is 4.68 Å². The van der Waals surface area contributed by atoms with Crippen molar-refractivity contribution in [3.63, 3.8) is 0 Å². The van der Waals surface area contributed by atoms with Gasteiger partial charge in [-0.15, -0.1) is 0 Å². The molecule has 2 aromatic rings. The Kier molecular flexibility index (Phi) is 4.55. The zero-order valence-corrected chi connectivity index (χ0v) is 13.1. The van der Waals surface area contributed by atoms with Crippen molar-refractivity contribution in [2.75, 3.05) is 7.05 Å². The molecule has 0 spiro atoms. The highest BCUT2D eigenvalue weighted by molar-refractivity contribution is 9.10. The second-order valence-corrected chi connectivity index (χ2v) is 5.47. The molecule has 0 bridgehead atoms. The van der Waals surface area contributed by atoms with Crippen LogP contribution in [-0.2, 0) is 13.5 Å². The summed E-state index contributed by atoms with van der Waals surface area (Å²) in [5, 5.41) is 7.38. The molecule has 0 saturated heterocycles. The predicted octanol–water partition coefficient (Wildman–Crippen LogP) is 3.27. The lowest BCUT2D eigenvalue weighted by molar-refractivity contribution is 0.510. The van der Waals surface area contributed by atoms with E-state index in [1.807, 2.05) is 14.0 Å². The SMILES string of the molecule is CNC(Cc1c(Br)c(C)nn1C)c1ccc(F)cc1F. The van der Waals surface area contributed by atoms with Gasteiger partial charge in [0.05, 0.1) is 15.9 Å². The normalized spacial score (nSPS) is 12.7. The fourth-order valence-corrected chi connectivity index (χ4v) is 2.74. The largest absolute Gasteiger partial charge is 0.313 e. The maximum absolute atomic E-state index is 13.9. The maximum atomic E-state index is 13.9. The van der Waals surface area contributed by atoms with Gasteiger partial charge in [0.25, 0.3) is 0 Å². The van der Waals surface area contributed by atoms with E-state index in [1.54, 1.807) is 11.7 Å². The van der Waals surface area contributed by atoms with Crippen molar-refractivity contribution in [3.05, 3.63) is 51.3 Å². The van der Waals surface area contributed by atoms with Crippen LogP contribution < -0.4 is 5.32 Å². The lowest BCUT2D eigenvalue weighted by Crippen LogP contribution is -2.21. The zero-order chi connectivity index (χ0) is 14.9. The topological polar surface area (TPSA) is 29.9 Å². The number of aryl methyl sites for hydroxylation is 2. The van der Waals surface area contributed by atoms with Gasteiger partial charge < -0.3 is 5.32 Å². The van der Waals surface area contributed by atoms with Gasteiger partial charge in [0.1, 0.15) is 11.6 Å². The second-order valence-electron chi connectivity index (χ2n) is 4.68. The molecular formula is C14H16BrF2N3. The molecule has 0 aliphatic carbocycles. The smallest absolute Gasteiger partial charge is 0.130 e. The van der Waals surface area contributed by atoms with Gasteiger partial charge in [-0.25, -0.2) is 8.78 Å². The molecule has 0 amide bonds. The number of hydrogen-bond donors (Lipinski definition) is 1. The van der Waals surface area contributed by atoms with E-state index in [0.717, 1.165) is 21.9 Å². The Morgan fingerprint density at radius 1 is 1.40 bits per heavy atom. The van der Waals surface area contributed by atoms with Crippen LogP contribution in [0.3, 0.4) is 0 Å². The summed E-state index contributed by atoms with van der Waals surface area (Å²) in [7, 11) is 3.60. The number of rotatable bonds is 4. The Morgan fingerprint density at radius 2 is 2.10 bits per heavy atom. The summed E-state index contributed by atoms with van der Waals surface area (Å²) in [6.07, 6.45) is 0.553. The monoisotopic (exact) mass is 343 g/mol. The van der Waals surface area contributed by atoms with Crippen molar-refractivity contribution >= 4 is 15.9 Å². The molecule has 6 heteroatoms. The molecule has 1 aromatic heterocycles. The minimum atomic E-state index is -0.571. The number of halogens is 3. The summed E-state index contributed by atoms with van der Waals surface area (Å²) in [4.78, 5) is 0. The fraction of sp³-hybridized carbons (Fsp3) is 0.357. The average Bonchev–Trinajstić information content (AvgIpc) is 2.62. The van der Waals surface area contributed by atoms with E-state index >= 15 is 0 Å². The molecular weight excluding hydrogens is 328 g/mol. The second kappa shape index (κ2) is 6.01. The highest BCUT2D eigenvalue weighted by Gasteiger charge is 2.19. The molecule has 0 radical (unpaired) electrons. The van der Waals surface area contributed by atoms with Crippen LogP contribution in [0.5, 0.6) is 0 Å². The van der Waals surface area contributed by atoms with E-state index in [1.165, 1.54) is 12.1 Å². The molecule has 1 unspecified atom stereocenters. The number of hydrogen-bond acceptors (Lipinski definition) is 2. The van der Waals surface area contributed by atoms with E-state index < -0.39 is 11.6 Å². The third-order valence-electron chi connectivity index (χ3n) is 3.35. The molecule has 108 valence electrons. The number of nitrogens with one attached hydrogen (secondary N) is 1. The van der Waals surface area contributed by atoms with Crippen molar-refractivity contribution in [3.8, 4) is 0 Å².